The van der Waals surface area contributed by atoms with Crippen molar-refractivity contribution in [2.75, 3.05) is 26.4 Å². The number of nitrogen functional groups attached to an aromatic ring is 1. The average molecular weight is 552 g/mol. The number of carboxylic acid groups (broad SMARTS) is 1. The van der Waals surface area contributed by atoms with Crippen molar-refractivity contribution in [3.8, 4) is 12.0 Å². The largest absolute Gasteiger partial charge is 0.526 e. The highest BCUT2D eigenvalue weighted by molar-refractivity contribution is 7.60. The Hall–Kier alpha value is -2.45. The molecule has 1 fully saturated rings. The van der Waals surface area contributed by atoms with Crippen LogP contribution in [0.25, 0.3) is 11.0 Å². The van der Waals surface area contributed by atoms with Gasteiger partial charge in [-0.3, -0.25) is 4.52 Å². The van der Waals surface area contributed by atoms with Crippen LogP contribution in [0.4, 0.5) is 10.6 Å². The van der Waals surface area contributed by atoms with Gasteiger partial charge in [0.05, 0.1) is 26.1 Å². The molecule has 3 heterocycles. The maximum absolute atomic E-state index is 11.7. The van der Waals surface area contributed by atoms with Crippen molar-refractivity contribution in [2.24, 2.45) is 0 Å². The Morgan fingerprint density at radius 2 is 1.97 bits per heavy atom. The number of amides is 1. The van der Waals surface area contributed by atoms with Gasteiger partial charge in [-0.25, -0.2) is 19.1 Å². The zero-order valence-corrected chi connectivity index (χ0v) is 20.8. The number of quaternary nitrogens is 1. The first-order chi connectivity index (χ1) is 16.3. The molecule has 0 radical (unpaired) electrons. The van der Waals surface area contributed by atoms with Crippen LogP contribution < -0.4 is 5.73 Å². The summed E-state index contributed by atoms with van der Waals surface area (Å²) < 4.78 is 36.9. The second-order valence-corrected chi connectivity index (χ2v) is 11.2. The molecule has 2 aromatic heterocycles. The number of fused-ring (bicyclic) bond motifs is 1. The fraction of sp³-hybridized carbons (Fsp3) is 0.471. The summed E-state index contributed by atoms with van der Waals surface area (Å²) in [6.45, 7) is 0.313. The number of hydrogen-bond acceptors (Lipinski definition) is 11. The van der Waals surface area contributed by atoms with Crippen LogP contribution in [-0.2, 0) is 22.7 Å². The number of phosphoric ester groups is 1. The number of nitrogens with two attached hydrogens (primary N) is 1. The van der Waals surface area contributed by atoms with E-state index in [1.807, 2.05) is 0 Å². The van der Waals surface area contributed by atoms with Gasteiger partial charge in [-0.1, -0.05) is 0 Å². The summed E-state index contributed by atoms with van der Waals surface area (Å²) in [7, 11) is -7.95. The smallest absolute Gasteiger partial charge is 0.435 e. The minimum Gasteiger partial charge on any atom is -0.435 e. The summed E-state index contributed by atoms with van der Waals surface area (Å²) in [4.78, 5) is 46.4. The van der Waals surface area contributed by atoms with Crippen LogP contribution in [0.1, 0.15) is 19.0 Å². The number of nitrogens with zero attached hydrogens (tertiary/aromatic N) is 4. The van der Waals surface area contributed by atoms with E-state index in [0.29, 0.717) is 5.39 Å². The lowest BCUT2D eigenvalue weighted by molar-refractivity contribution is -0.744. The highest BCUT2D eigenvalue weighted by Crippen LogP contribution is 2.58. The summed E-state index contributed by atoms with van der Waals surface area (Å²) in [6.07, 6.45) is -4.33. The first kappa shape index (κ1) is 28.1. The van der Waals surface area contributed by atoms with E-state index < -0.39 is 56.9 Å². The molecule has 19 heteroatoms. The molecular formula is C17H24N5O12P2+. The molecular weight excluding hydrogens is 528 g/mol. The minimum atomic E-state index is -5.37. The van der Waals surface area contributed by atoms with Crippen LogP contribution in [0.15, 0.2) is 12.3 Å². The van der Waals surface area contributed by atoms with Gasteiger partial charge in [0, 0.05) is 12.1 Å². The molecule has 17 nitrogen and oxygen atoms in total. The van der Waals surface area contributed by atoms with E-state index in [-0.39, 0.29) is 17.3 Å². The molecule has 36 heavy (non-hydrogen) atoms. The third kappa shape index (κ3) is 5.92. The van der Waals surface area contributed by atoms with Gasteiger partial charge < -0.3 is 45.0 Å². The number of ether oxygens (including phenoxy) is 1. The second kappa shape index (κ2) is 9.45. The van der Waals surface area contributed by atoms with Gasteiger partial charge in [0.2, 0.25) is 5.82 Å². The van der Waals surface area contributed by atoms with Gasteiger partial charge in [0.25, 0.3) is 0 Å². The van der Waals surface area contributed by atoms with Gasteiger partial charge in [-0.15, -0.1) is 0 Å². The van der Waals surface area contributed by atoms with Crippen LogP contribution in [0.3, 0.4) is 0 Å². The standard InChI is InChI=1S/C17H23N5O12P2/c1-17(26)12(23)10(8-32-36(30,31)34-35(27,28)29)33-15(17)21-6-4-9-13(18)19-11(20-14(9)21)5-7-22(2,3)16(24)25/h4,6,10,12,15,23,26H,8H2,1-3H3,(H5-,18,19,20,24,25,27,28,29,30,31)/p+1/t10-,12-,15-,17-/m1/s1. The van der Waals surface area contributed by atoms with Crippen molar-refractivity contribution in [1.82, 2.24) is 14.5 Å². The van der Waals surface area contributed by atoms with Crippen molar-refractivity contribution < 1.29 is 62.0 Å². The fourth-order valence-electron chi connectivity index (χ4n) is 3.24. The molecule has 0 spiro atoms. The van der Waals surface area contributed by atoms with Gasteiger partial charge in [0.1, 0.15) is 29.3 Å². The number of aliphatic hydroxyl groups excluding tert-OH is 1. The zero-order valence-electron chi connectivity index (χ0n) is 19.0. The van der Waals surface area contributed by atoms with Crippen molar-refractivity contribution >= 4 is 38.6 Å². The van der Waals surface area contributed by atoms with Gasteiger partial charge in [0.15, 0.2) is 12.3 Å². The second-order valence-electron chi connectivity index (χ2n) is 8.40. The number of hydrogen-bond donors (Lipinski definition) is 7. The lowest BCUT2D eigenvalue weighted by atomic mass is 9.96. The quantitative estimate of drug-likeness (QED) is 0.133. The third-order valence-corrected chi connectivity index (χ3v) is 7.30. The maximum atomic E-state index is 11.7. The third-order valence-electron chi connectivity index (χ3n) is 5.15. The van der Waals surface area contributed by atoms with E-state index in [0.717, 1.165) is 0 Å². The summed E-state index contributed by atoms with van der Waals surface area (Å²) in [5.74, 6) is 2.36. The van der Waals surface area contributed by atoms with Crippen molar-refractivity contribution in [1.29, 1.82) is 0 Å². The summed E-state index contributed by atoms with van der Waals surface area (Å²) >= 11 is 0. The SMILES string of the molecule is C[C@@]1(O)[C@H](O)[C@@H](COP(=O)(O)OP(=O)(O)O)O[C@H]1n1ccc2c(N)nc(C#C[N+](C)(C)C(=O)O)nc21. The Balaban J connectivity index is 1.92. The Morgan fingerprint density at radius 1 is 1.33 bits per heavy atom. The topological polar surface area (TPSA) is 257 Å². The highest BCUT2D eigenvalue weighted by Gasteiger charge is 2.54. The van der Waals surface area contributed by atoms with E-state index in [4.69, 9.17) is 20.3 Å². The monoisotopic (exact) mass is 552 g/mol. The van der Waals surface area contributed by atoms with E-state index in [2.05, 4.69) is 30.8 Å². The van der Waals surface area contributed by atoms with E-state index >= 15 is 0 Å². The van der Waals surface area contributed by atoms with Crippen LogP contribution in [0, 0.1) is 12.0 Å². The van der Waals surface area contributed by atoms with Crippen LogP contribution in [0.2, 0.25) is 0 Å². The lowest BCUT2D eigenvalue weighted by Gasteiger charge is -2.27. The number of anilines is 1. The molecule has 1 aliphatic rings. The first-order valence-corrected chi connectivity index (χ1v) is 12.9. The van der Waals surface area contributed by atoms with Gasteiger partial charge in [-0.2, -0.15) is 13.6 Å². The molecule has 1 saturated heterocycles. The molecule has 1 unspecified atom stereocenters. The molecule has 8 N–H and O–H groups in total. The lowest BCUT2D eigenvalue weighted by Crippen LogP contribution is -2.44. The molecule has 0 aliphatic carbocycles. The Kier molecular flexibility index (Phi) is 7.38. The van der Waals surface area contributed by atoms with Crippen LogP contribution in [-0.4, -0.2) is 93.6 Å². The summed E-state index contributed by atoms with van der Waals surface area (Å²) in [6, 6.07) is 3.96. The van der Waals surface area contributed by atoms with Crippen LogP contribution in [0.5, 0.6) is 0 Å². The number of phosphoric acid groups is 2. The molecule has 1 aliphatic heterocycles. The highest BCUT2D eigenvalue weighted by atomic mass is 31.3. The van der Waals surface area contributed by atoms with Crippen LogP contribution >= 0.6 is 15.6 Å². The molecule has 0 saturated carbocycles. The van der Waals surface area contributed by atoms with E-state index in [1.54, 1.807) is 0 Å². The zero-order chi connectivity index (χ0) is 27.3. The summed E-state index contributed by atoms with van der Waals surface area (Å²) in [5.41, 5.74) is 4.04. The molecule has 1 amide bonds. The molecule has 0 bridgehead atoms. The normalized spacial score (nSPS) is 26.4. The predicted molar refractivity (Wildman–Crippen MR) is 118 cm³/mol. The molecule has 0 aromatic carbocycles. The number of carbonyl (C=O) groups is 1. The van der Waals surface area contributed by atoms with E-state index in [9.17, 15) is 34.1 Å². The molecule has 3 rings (SSSR count). The first-order valence-electron chi connectivity index (χ1n) is 9.89. The van der Waals surface area contributed by atoms with Crippen molar-refractivity contribution in [2.45, 2.75) is 31.0 Å². The average Bonchev–Trinajstić information content (AvgIpc) is 3.22. The van der Waals surface area contributed by atoms with E-state index in [1.165, 1.54) is 37.8 Å². The fourth-order valence-corrected chi connectivity index (χ4v) is 4.84. The number of aromatic nitrogens is 3. The minimum absolute atomic E-state index is 0.0162. The Morgan fingerprint density at radius 3 is 2.56 bits per heavy atom. The van der Waals surface area contributed by atoms with Gasteiger partial charge in [-0.05, 0) is 13.0 Å². The maximum Gasteiger partial charge on any atom is 0.526 e. The molecule has 198 valence electrons. The predicted octanol–water partition coefficient (Wildman–Crippen LogP) is -0.687. The number of rotatable bonds is 6. The Bertz CT molecular complexity index is 1340. The number of aliphatic hydroxyl groups is 2. The van der Waals surface area contributed by atoms with Crippen molar-refractivity contribution in [3.63, 3.8) is 0 Å². The molecule has 2 aromatic rings. The van der Waals surface area contributed by atoms with Gasteiger partial charge >= 0.3 is 21.7 Å². The molecule has 5 atom stereocenters. The van der Waals surface area contributed by atoms with Crippen molar-refractivity contribution in [3.05, 3.63) is 18.1 Å². The Labute approximate surface area is 203 Å². The summed E-state index contributed by atoms with van der Waals surface area (Å²) in [5, 5.41) is 31.0.